The molecule has 106 valence electrons. The summed E-state index contributed by atoms with van der Waals surface area (Å²) in [5.74, 6) is 0. The minimum Gasteiger partial charge on any atom is -0.392 e. The third-order valence-electron chi connectivity index (χ3n) is 3.61. The summed E-state index contributed by atoms with van der Waals surface area (Å²) in [5.41, 5.74) is 0.758. The van der Waals surface area contributed by atoms with Gasteiger partial charge in [0, 0.05) is 13.1 Å². The van der Waals surface area contributed by atoms with Crippen LogP contribution in [0.4, 0.5) is 0 Å². The predicted octanol–water partition coefficient (Wildman–Crippen LogP) is 1.99. The highest BCUT2D eigenvalue weighted by atomic mass is 32.2. The summed E-state index contributed by atoms with van der Waals surface area (Å²) in [6.07, 6.45) is 1.96. The second-order valence-corrected chi connectivity index (χ2v) is 7.85. The number of benzene rings is 1. The molecule has 4 nitrogen and oxygen atoms in total. The molecule has 0 aliphatic carbocycles. The van der Waals surface area contributed by atoms with E-state index in [2.05, 4.69) is 13.8 Å². The number of sulfonamides is 1. The molecule has 1 aromatic rings. The zero-order valence-corrected chi connectivity index (χ0v) is 12.3. The molecule has 1 N–H and O–H groups in total. The van der Waals surface area contributed by atoms with Gasteiger partial charge in [-0.3, -0.25) is 0 Å². The summed E-state index contributed by atoms with van der Waals surface area (Å²) in [7, 11) is -3.41. The van der Waals surface area contributed by atoms with Crippen LogP contribution in [0.3, 0.4) is 0 Å². The Labute approximate surface area is 115 Å². The lowest BCUT2D eigenvalue weighted by Crippen LogP contribution is -2.43. The molecular weight excluding hydrogens is 262 g/mol. The quantitative estimate of drug-likeness (QED) is 0.923. The third-order valence-corrected chi connectivity index (χ3v) is 5.47. The van der Waals surface area contributed by atoms with Gasteiger partial charge in [-0.15, -0.1) is 0 Å². The topological polar surface area (TPSA) is 57.6 Å². The molecule has 0 bridgehead atoms. The molecule has 1 heterocycles. The molecule has 1 saturated heterocycles. The van der Waals surface area contributed by atoms with Crippen LogP contribution < -0.4 is 0 Å². The molecule has 0 atom stereocenters. The van der Waals surface area contributed by atoms with Gasteiger partial charge < -0.3 is 5.11 Å². The lowest BCUT2D eigenvalue weighted by atomic mass is 9.85. The van der Waals surface area contributed by atoms with Crippen LogP contribution in [0.5, 0.6) is 0 Å². The van der Waals surface area contributed by atoms with Crippen molar-refractivity contribution in [2.45, 2.75) is 38.2 Å². The molecular formula is C14H21NO3S. The average Bonchev–Trinajstić information content (AvgIpc) is 2.37. The van der Waals surface area contributed by atoms with Crippen LogP contribution in [-0.2, 0) is 16.6 Å². The molecule has 0 spiro atoms. The summed E-state index contributed by atoms with van der Waals surface area (Å²) in [4.78, 5) is 0.308. The molecule has 0 saturated carbocycles. The monoisotopic (exact) mass is 283 g/mol. The second-order valence-electron chi connectivity index (χ2n) is 5.91. The highest BCUT2D eigenvalue weighted by Gasteiger charge is 2.33. The van der Waals surface area contributed by atoms with E-state index in [-0.39, 0.29) is 12.0 Å². The fourth-order valence-corrected chi connectivity index (χ4v) is 4.16. The highest BCUT2D eigenvalue weighted by molar-refractivity contribution is 7.89. The minimum absolute atomic E-state index is 0.0381. The number of aliphatic hydroxyl groups is 1. The first-order valence-corrected chi connectivity index (χ1v) is 7.99. The third kappa shape index (κ3) is 3.16. The first-order valence-electron chi connectivity index (χ1n) is 6.55. The SMILES string of the molecule is CC1(C)CCCN(S(=O)(=O)c2ccc(CO)cc2)C1. The molecule has 0 radical (unpaired) electrons. The van der Waals surface area contributed by atoms with E-state index in [9.17, 15) is 8.42 Å². The lowest BCUT2D eigenvalue weighted by Gasteiger charge is -2.37. The van der Waals surface area contributed by atoms with Crippen LogP contribution in [0, 0.1) is 5.41 Å². The summed E-state index contributed by atoms with van der Waals surface area (Å²) >= 11 is 0. The molecule has 1 aromatic carbocycles. The maximum absolute atomic E-state index is 12.5. The number of rotatable bonds is 3. The first-order chi connectivity index (χ1) is 8.85. The Kier molecular flexibility index (Phi) is 3.99. The molecule has 0 amide bonds. The molecule has 5 heteroatoms. The van der Waals surface area contributed by atoms with Crippen molar-refractivity contribution in [3.8, 4) is 0 Å². The van der Waals surface area contributed by atoms with Gasteiger partial charge in [-0.05, 0) is 36.0 Å². The van der Waals surface area contributed by atoms with Gasteiger partial charge in [0.2, 0.25) is 10.0 Å². The number of hydrogen-bond acceptors (Lipinski definition) is 3. The van der Waals surface area contributed by atoms with Crippen molar-refractivity contribution in [3.05, 3.63) is 29.8 Å². The average molecular weight is 283 g/mol. The van der Waals surface area contributed by atoms with Crippen LogP contribution >= 0.6 is 0 Å². The summed E-state index contributed by atoms with van der Waals surface area (Å²) in [6.45, 7) is 5.29. The van der Waals surface area contributed by atoms with E-state index in [4.69, 9.17) is 5.11 Å². The molecule has 1 aliphatic heterocycles. The number of nitrogens with zero attached hydrogens (tertiary/aromatic N) is 1. The fraction of sp³-hybridized carbons (Fsp3) is 0.571. The van der Waals surface area contributed by atoms with E-state index < -0.39 is 10.0 Å². The Morgan fingerprint density at radius 3 is 2.42 bits per heavy atom. The maximum Gasteiger partial charge on any atom is 0.243 e. The van der Waals surface area contributed by atoms with Crippen molar-refractivity contribution < 1.29 is 13.5 Å². The van der Waals surface area contributed by atoms with Gasteiger partial charge in [-0.25, -0.2) is 8.42 Å². The van der Waals surface area contributed by atoms with Crippen LogP contribution in [0.25, 0.3) is 0 Å². The normalized spacial score (nSPS) is 20.4. The number of piperidine rings is 1. The van der Waals surface area contributed by atoms with Gasteiger partial charge in [-0.2, -0.15) is 4.31 Å². The van der Waals surface area contributed by atoms with Gasteiger partial charge in [0.25, 0.3) is 0 Å². The smallest absolute Gasteiger partial charge is 0.243 e. The Morgan fingerprint density at radius 2 is 1.89 bits per heavy atom. The van der Waals surface area contributed by atoms with Gasteiger partial charge in [0.1, 0.15) is 0 Å². The minimum atomic E-state index is -3.41. The molecule has 1 fully saturated rings. The van der Waals surface area contributed by atoms with Crippen LogP contribution in [-0.4, -0.2) is 30.9 Å². The van der Waals surface area contributed by atoms with E-state index in [1.807, 2.05) is 0 Å². The summed E-state index contributed by atoms with van der Waals surface area (Å²) < 4.78 is 26.6. The Balaban J connectivity index is 2.26. The van der Waals surface area contributed by atoms with Gasteiger partial charge in [0.05, 0.1) is 11.5 Å². The van der Waals surface area contributed by atoms with E-state index in [1.165, 1.54) is 0 Å². The molecule has 0 aromatic heterocycles. The Bertz CT molecular complexity index is 534. The summed E-state index contributed by atoms with van der Waals surface area (Å²) in [6, 6.07) is 6.45. The van der Waals surface area contributed by atoms with Crippen molar-refractivity contribution in [2.75, 3.05) is 13.1 Å². The van der Waals surface area contributed by atoms with E-state index in [0.29, 0.717) is 18.0 Å². The van der Waals surface area contributed by atoms with Crippen LogP contribution in [0.2, 0.25) is 0 Å². The lowest BCUT2D eigenvalue weighted by molar-refractivity contribution is 0.187. The molecule has 1 aliphatic rings. The van der Waals surface area contributed by atoms with E-state index in [0.717, 1.165) is 18.4 Å². The predicted molar refractivity (Wildman–Crippen MR) is 74.1 cm³/mol. The zero-order valence-electron chi connectivity index (χ0n) is 11.5. The van der Waals surface area contributed by atoms with Crippen molar-refractivity contribution in [2.24, 2.45) is 5.41 Å². The van der Waals surface area contributed by atoms with E-state index in [1.54, 1.807) is 28.6 Å². The second kappa shape index (κ2) is 5.23. The van der Waals surface area contributed by atoms with Crippen molar-refractivity contribution in [1.29, 1.82) is 0 Å². The maximum atomic E-state index is 12.5. The fourth-order valence-electron chi connectivity index (χ4n) is 2.49. The molecule has 2 rings (SSSR count). The van der Waals surface area contributed by atoms with Gasteiger partial charge in [0.15, 0.2) is 0 Å². The van der Waals surface area contributed by atoms with Crippen molar-refractivity contribution in [1.82, 2.24) is 4.31 Å². The largest absolute Gasteiger partial charge is 0.392 e. The number of hydrogen-bond donors (Lipinski definition) is 1. The van der Waals surface area contributed by atoms with Crippen LogP contribution in [0.15, 0.2) is 29.2 Å². The summed E-state index contributed by atoms with van der Waals surface area (Å²) in [5, 5.41) is 8.99. The van der Waals surface area contributed by atoms with Crippen LogP contribution in [0.1, 0.15) is 32.3 Å². The molecule has 19 heavy (non-hydrogen) atoms. The van der Waals surface area contributed by atoms with Crippen molar-refractivity contribution in [3.63, 3.8) is 0 Å². The highest BCUT2D eigenvalue weighted by Crippen LogP contribution is 2.31. The van der Waals surface area contributed by atoms with E-state index >= 15 is 0 Å². The van der Waals surface area contributed by atoms with Gasteiger partial charge >= 0.3 is 0 Å². The molecule has 0 unspecified atom stereocenters. The standard InChI is InChI=1S/C14H21NO3S/c1-14(2)8-3-9-15(11-14)19(17,18)13-6-4-12(10-16)5-7-13/h4-7,16H,3,8-11H2,1-2H3. The Morgan fingerprint density at radius 1 is 1.26 bits per heavy atom. The zero-order chi connectivity index (χ0) is 14.1. The van der Waals surface area contributed by atoms with Crippen molar-refractivity contribution >= 4 is 10.0 Å². The first kappa shape index (κ1) is 14.5. The van der Waals surface area contributed by atoms with Gasteiger partial charge in [-0.1, -0.05) is 26.0 Å². The Hall–Kier alpha value is -0.910. The number of aliphatic hydroxyl groups excluding tert-OH is 1.